The molecule has 0 heterocycles. The van der Waals surface area contributed by atoms with Gasteiger partial charge in [0.05, 0.1) is 31.8 Å². The van der Waals surface area contributed by atoms with E-state index in [4.69, 9.17) is 21.1 Å². The lowest BCUT2D eigenvalue weighted by Gasteiger charge is -2.28. The van der Waals surface area contributed by atoms with Crippen LogP contribution in [0.5, 0.6) is 0 Å². The number of Topliss-reactive ketones (excluding diaryl/α,β-unsaturated/α-hetero) is 3. The molecule has 8 nitrogen and oxygen atoms in total. The Hall–Kier alpha value is -3.65. The van der Waals surface area contributed by atoms with E-state index in [1.165, 1.54) is 20.6 Å². The van der Waals surface area contributed by atoms with Crippen molar-refractivity contribution in [3.8, 4) is 0 Å². The molecule has 0 aliphatic heterocycles. The maximum atomic E-state index is 12.5. The number of benzene rings is 2. The van der Waals surface area contributed by atoms with Crippen molar-refractivity contribution < 1.29 is 38.2 Å². The van der Waals surface area contributed by atoms with Crippen molar-refractivity contribution in [3.05, 3.63) is 68.8 Å². The molecule has 45 heavy (non-hydrogen) atoms. The van der Waals surface area contributed by atoms with Gasteiger partial charge in [0.15, 0.2) is 11.6 Å². The fourth-order valence-electron chi connectivity index (χ4n) is 5.18. The molecule has 0 aromatic heterocycles. The summed E-state index contributed by atoms with van der Waals surface area (Å²) in [6.07, 6.45) is 7.44. The zero-order chi connectivity index (χ0) is 33.8. The quantitative estimate of drug-likeness (QED) is 0.111. The lowest BCUT2D eigenvalue weighted by molar-refractivity contribution is -0.118. The van der Waals surface area contributed by atoms with Crippen molar-refractivity contribution in [2.45, 2.75) is 104 Å². The highest BCUT2D eigenvalue weighted by Gasteiger charge is 2.28. The fraction of sp³-hybridized carbons (Fsp3) is 0.500. The topological polar surface area (TPSA) is 121 Å². The predicted octanol–water partition coefficient (Wildman–Crippen LogP) is 8.01. The lowest BCUT2D eigenvalue weighted by atomic mass is 9.76. The van der Waals surface area contributed by atoms with E-state index in [-0.39, 0.29) is 35.0 Å². The van der Waals surface area contributed by atoms with Crippen LogP contribution in [0.25, 0.3) is 0 Å². The van der Waals surface area contributed by atoms with Crippen LogP contribution in [0.2, 0.25) is 0 Å². The summed E-state index contributed by atoms with van der Waals surface area (Å²) >= 11 is 4.82. The number of carbonyl (C=O) groups is 6. The van der Waals surface area contributed by atoms with E-state index in [0.29, 0.717) is 46.9 Å². The zero-order valence-electron chi connectivity index (χ0n) is 27.5. The third kappa shape index (κ3) is 10.2. The number of hydrogen-bond acceptors (Lipinski definition) is 8. The van der Waals surface area contributed by atoms with E-state index < -0.39 is 5.97 Å². The van der Waals surface area contributed by atoms with Gasteiger partial charge < -0.3 is 9.47 Å². The number of halogens is 1. The first kappa shape index (κ1) is 37.5. The van der Waals surface area contributed by atoms with Crippen molar-refractivity contribution in [1.82, 2.24) is 0 Å². The van der Waals surface area contributed by atoms with Crippen LogP contribution in [-0.2, 0) is 19.1 Å². The maximum absolute atomic E-state index is 12.5. The highest BCUT2D eigenvalue weighted by atomic mass is 35.5. The molecular formula is C36H45ClO8. The number of carbonyl (C=O) groups excluding carboxylic acids is 6. The van der Waals surface area contributed by atoms with Crippen LogP contribution in [0.4, 0.5) is 0 Å². The van der Waals surface area contributed by atoms with Crippen molar-refractivity contribution in [1.29, 1.82) is 0 Å². The molecule has 2 saturated carbocycles. The normalized spacial score (nSPS) is 13.9. The van der Waals surface area contributed by atoms with Gasteiger partial charge in [0.25, 0.3) is 0 Å². The van der Waals surface area contributed by atoms with Crippen LogP contribution in [-0.4, -0.2) is 48.8 Å². The molecule has 0 radical (unpaired) electrons. The van der Waals surface area contributed by atoms with Crippen molar-refractivity contribution in [2.24, 2.45) is 0 Å². The van der Waals surface area contributed by atoms with Gasteiger partial charge in [0, 0.05) is 24.0 Å². The molecule has 2 aromatic rings. The molecule has 0 spiro atoms. The minimum atomic E-state index is -0.450. The van der Waals surface area contributed by atoms with E-state index in [1.807, 2.05) is 26.0 Å². The van der Waals surface area contributed by atoms with E-state index in [9.17, 15) is 28.8 Å². The van der Waals surface area contributed by atoms with Crippen LogP contribution >= 0.6 is 11.6 Å². The molecule has 4 rings (SSSR count). The number of ether oxygens (including phenoxy) is 2. The Morgan fingerprint density at radius 3 is 1.40 bits per heavy atom. The molecule has 0 bridgehead atoms. The zero-order valence-corrected chi connectivity index (χ0v) is 28.2. The van der Waals surface area contributed by atoms with Gasteiger partial charge in [-0.05, 0) is 104 Å². The molecule has 0 saturated heterocycles. The summed E-state index contributed by atoms with van der Waals surface area (Å²) in [5.41, 5.74) is 5.84. The minimum Gasteiger partial charge on any atom is -0.465 e. The first-order chi connectivity index (χ1) is 21.3. The van der Waals surface area contributed by atoms with E-state index in [2.05, 4.69) is 0 Å². The first-order valence-corrected chi connectivity index (χ1v) is 15.9. The summed E-state index contributed by atoms with van der Waals surface area (Å²) < 4.78 is 9.52. The Bertz CT molecular complexity index is 1430. The maximum Gasteiger partial charge on any atom is 0.338 e. The Labute approximate surface area is 271 Å². The number of esters is 2. The second kappa shape index (κ2) is 17.7. The Kier molecular flexibility index (Phi) is 14.8. The van der Waals surface area contributed by atoms with Crippen LogP contribution < -0.4 is 0 Å². The van der Waals surface area contributed by atoms with Crippen molar-refractivity contribution in [3.63, 3.8) is 0 Å². The molecule has 0 unspecified atom stereocenters. The first-order valence-electron chi connectivity index (χ1n) is 15.5. The molecule has 244 valence electrons. The minimum absolute atomic E-state index is 0.0158. The SMILES string of the molecule is CCC(=O)CC(=O)c1cc(C(=O)OC)c(C)cc1C1CCC1.CCC(=O)Cl.COC(=O)c1cc(C(C)=O)c(C2CCC2)cc1C. The molecule has 0 amide bonds. The van der Waals surface area contributed by atoms with Gasteiger partial charge in [-0.15, -0.1) is 0 Å². The second-order valence-electron chi connectivity index (χ2n) is 11.5. The second-order valence-corrected chi connectivity index (χ2v) is 11.9. The van der Waals surface area contributed by atoms with Gasteiger partial charge in [-0.2, -0.15) is 0 Å². The summed E-state index contributed by atoms with van der Waals surface area (Å²) in [4.78, 5) is 68.9. The van der Waals surface area contributed by atoms with Gasteiger partial charge in [0.2, 0.25) is 5.24 Å². The molecule has 2 aliphatic rings. The highest BCUT2D eigenvalue weighted by Crippen LogP contribution is 2.40. The van der Waals surface area contributed by atoms with Gasteiger partial charge in [-0.25, -0.2) is 9.59 Å². The summed E-state index contributed by atoms with van der Waals surface area (Å²) in [7, 11) is 2.68. The monoisotopic (exact) mass is 640 g/mol. The number of methoxy groups -OCH3 is 2. The number of aryl methyl sites for hydroxylation is 2. The van der Waals surface area contributed by atoms with E-state index >= 15 is 0 Å². The van der Waals surface area contributed by atoms with Gasteiger partial charge >= 0.3 is 11.9 Å². The number of ketones is 3. The van der Waals surface area contributed by atoms with E-state index in [0.717, 1.165) is 54.4 Å². The Morgan fingerprint density at radius 1 is 0.689 bits per heavy atom. The standard InChI is InChI=1S/C18H22O4.C15H18O3.C3H5ClO/c1-4-13(19)9-17(20)16-10-14(18(21)22-3)11(2)8-15(16)12-6-5-7-12;1-9-7-14(11-5-4-6-11)13(10(2)16)8-12(9)15(17)18-3;1-2-3(4)5/h8,10,12H,4-7,9H2,1-3H3;7-8,11H,4-6H2,1-3H3;2H2,1H3. The average molecular weight is 641 g/mol. The molecule has 0 atom stereocenters. The third-order valence-electron chi connectivity index (χ3n) is 8.40. The largest absolute Gasteiger partial charge is 0.465 e. The van der Waals surface area contributed by atoms with Crippen molar-refractivity contribution in [2.75, 3.05) is 14.2 Å². The Morgan fingerprint density at radius 2 is 1.09 bits per heavy atom. The van der Waals surface area contributed by atoms with Gasteiger partial charge in [-0.1, -0.05) is 38.8 Å². The van der Waals surface area contributed by atoms with Crippen molar-refractivity contribution >= 4 is 46.1 Å². The molecular weight excluding hydrogens is 596 g/mol. The molecule has 2 aliphatic carbocycles. The van der Waals surface area contributed by atoms with Crippen LogP contribution in [0.3, 0.4) is 0 Å². The van der Waals surface area contributed by atoms with Crippen LogP contribution in [0.15, 0.2) is 24.3 Å². The van der Waals surface area contributed by atoms with Gasteiger partial charge in [0.1, 0.15) is 5.78 Å². The lowest BCUT2D eigenvalue weighted by Crippen LogP contribution is -2.18. The molecule has 2 fully saturated rings. The predicted molar refractivity (Wildman–Crippen MR) is 174 cm³/mol. The summed E-state index contributed by atoms with van der Waals surface area (Å²) in [6, 6.07) is 7.20. The number of hydrogen-bond donors (Lipinski definition) is 0. The highest BCUT2D eigenvalue weighted by molar-refractivity contribution is 6.63. The van der Waals surface area contributed by atoms with Crippen LogP contribution in [0, 0.1) is 13.8 Å². The smallest absolute Gasteiger partial charge is 0.338 e. The van der Waals surface area contributed by atoms with Gasteiger partial charge in [-0.3, -0.25) is 19.2 Å². The molecule has 0 N–H and O–H groups in total. The summed E-state index contributed by atoms with van der Waals surface area (Å²) in [5, 5.41) is -0.273. The molecule has 9 heteroatoms. The average Bonchev–Trinajstić information content (AvgIpc) is 2.95. The summed E-state index contributed by atoms with van der Waals surface area (Å²) in [6.45, 7) is 8.75. The van der Waals surface area contributed by atoms with E-state index in [1.54, 1.807) is 32.9 Å². The molecule has 2 aromatic carbocycles. The third-order valence-corrected chi connectivity index (χ3v) is 8.67. The van der Waals surface area contributed by atoms with Crippen LogP contribution in [0.1, 0.15) is 154 Å². The fourth-order valence-corrected chi connectivity index (χ4v) is 5.18. The number of rotatable bonds is 10. The summed E-state index contributed by atoms with van der Waals surface area (Å²) in [5.74, 6) is -0.246. The Balaban J connectivity index is 0.000000277.